The van der Waals surface area contributed by atoms with Crippen LogP contribution in [0.1, 0.15) is 31.2 Å². The van der Waals surface area contributed by atoms with Crippen LogP contribution in [0.4, 0.5) is 0 Å². The molecule has 2 atom stereocenters. The van der Waals surface area contributed by atoms with Gasteiger partial charge in [0.15, 0.2) is 0 Å². The van der Waals surface area contributed by atoms with E-state index in [0.29, 0.717) is 19.4 Å². The summed E-state index contributed by atoms with van der Waals surface area (Å²) in [6.45, 7) is 4.05. The van der Waals surface area contributed by atoms with Crippen LogP contribution in [0.2, 0.25) is 0 Å². The van der Waals surface area contributed by atoms with Gasteiger partial charge in [0.25, 0.3) is 0 Å². The number of carbonyl (C=O) groups is 1. The highest BCUT2D eigenvalue weighted by molar-refractivity contribution is 7.89. The lowest BCUT2D eigenvalue weighted by Crippen LogP contribution is -2.52. The molecule has 24 heavy (non-hydrogen) atoms. The van der Waals surface area contributed by atoms with Crippen LogP contribution in [-0.4, -0.2) is 50.3 Å². The molecule has 2 saturated heterocycles. The third kappa shape index (κ3) is 3.63. The lowest BCUT2D eigenvalue weighted by molar-refractivity contribution is -0.125. The van der Waals surface area contributed by atoms with E-state index >= 15 is 0 Å². The molecule has 0 spiro atoms. The van der Waals surface area contributed by atoms with E-state index in [1.54, 1.807) is 24.3 Å². The normalized spacial score (nSPS) is 25.5. The zero-order valence-electron chi connectivity index (χ0n) is 14.0. The van der Waals surface area contributed by atoms with Gasteiger partial charge in [0.1, 0.15) is 6.04 Å². The van der Waals surface area contributed by atoms with Crippen molar-refractivity contribution in [1.29, 1.82) is 0 Å². The summed E-state index contributed by atoms with van der Waals surface area (Å²) >= 11 is 0. The molecule has 132 valence electrons. The Morgan fingerprint density at radius 2 is 1.96 bits per heavy atom. The van der Waals surface area contributed by atoms with Gasteiger partial charge in [-0.15, -0.1) is 0 Å². The number of benzene rings is 1. The Labute approximate surface area is 143 Å². The number of aryl methyl sites for hydroxylation is 1. The average molecular weight is 351 g/mol. The highest BCUT2D eigenvalue weighted by Crippen LogP contribution is 2.26. The third-order valence-corrected chi connectivity index (χ3v) is 6.70. The van der Waals surface area contributed by atoms with Crippen LogP contribution in [0.15, 0.2) is 29.2 Å². The van der Waals surface area contributed by atoms with Gasteiger partial charge in [-0.2, -0.15) is 4.31 Å². The molecule has 1 aromatic carbocycles. The summed E-state index contributed by atoms with van der Waals surface area (Å²) in [6, 6.07) is 6.29. The molecule has 6 nitrogen and oxygen atoms in total. The first-order valence-electron chi connectivity index (χ1n) is 8.58. The van der Waals surface area contributed by atoms with Crippen molar-refractivity contribution in [2.45, 2.75) is 49.6 Å². The first-order valence-corrected chi connectivity index (χ1v) is 10.0. The Bertz CT molecular complexity index is 682. The number of carbonyl (C=O) groups excluding carboxylic acids is 1. The maximum absolute atomic E-state index is 12.9. The number of rotatable bonds is 4. The molecule has 1 amide bonds. The number of sulfonamides is 1. The summed E-state index contributed by atoms with van der Waals surface area (Å²) < 4.78 is 27.1. The second-order valence-corrected chi connectivity index (χ2v) is 8.53. The van der Waals surface area contributed by atoms with E-state index in [1.807, 2.05) is 6.92 Å². The van der Waals surface area contributed by atoms with E-state index in [4.69, 9.17) is 0 Å². The summed E-state index contributed by atoms with van der Waals surface area (Å²) in [4.78, 5) is 12.9. The van der Waals surface area contributed by atoms with Gasteiger partial charge >= 0.3 is 0 Å². The fourth-order valence-corrected chi connectivity index (χ4v) is 5.06. The van der Waals surface area contributed by atoms with Gasteiger partial charge in [-0.05, 0) is 51.3 Å². The van der Waals surface area contributed by atoms with Crippen LogP contribution in [-0.2, 0) is 14.8 Å². The first-order chi connectivity index (χ1) is 11.5. The molecule has 0 aliphatic carbocycles. The van der Waals surface area contributed by atoms with Gasteiger partial charge in [0, 0.05) is 19.1 Å². The predicted molar refractivity (Wildman–Crippen MR) is 92.1 cm³/mol. The quantitative estimate of drug-likeness (QED) is 0.849. The number of amides is 1. The lowest BCUT2D eigenvalue weighted by atomic mass is 10.1. The minimum absolute atomic E-state index is 0.0933. The molecule has 7 heteroatoms. The number of nitrogens with one attached hydrogen (secondary N) is 2. The van der Waals surface area contributed by atoms with Crippen molar-refractivity contribution >= 4 is 15.9 Å². The molecule has 0 aromatic heterocycles. The van der Waals surface area contributed by atoms with Crippen LogP contribution < -0.4 is 10.6 Å². The SMILES string of the molecule is Cc1ccc(S(=O)(=O)N2CCCC2C(=O)N[C@H]2CCCNC2)cc1. The average Bonchev–Trinajstić information content (AvgIpc) is 3.07. The van der Waals surface area contributed by atoms with Gasteiger partial charge in [-0.25, -0.2) is 8.42 Å². The van der Waals surface area contributed by atoms with E-state index in [1.165, 1.54) is 4.31 Å². The minimum Gasteiger partial charge on any atom is -0.351 e. The summed E-state index contributed by atoms with van der Waals surface area (Å²) in [6.07, 6.45) is 3.26. The van der Waals surface area contributed by atoms with Crippen molar-refractivity contribution in [3.8, 4) is 0 Å². The van der Waals surface area contributed by atoms with Crippen LogP contribution >= 0.6 is 0 Å². The van der Waals surface area contributed by atoms with E-state index in [0.717, 1.165) is 31.5 Å². The second-order valence-electron chi connectivity index (χ2n) is 6.64. The van der Waals surface area contributed by atoms with E-state index in [-0.39, 0.29) is 16.8 Å². The number of nitrogens with zero attached hydrogens (tertiary/aromatic N) is 1. The van der Waals surface area contributed by atoms with Crippen molar-refractivity contribution in [3.05, 3.63) is 29.8 Å². The topological polar surface area (TPSA) is 78.5 Å². The molecule has 0 saturated carbocycles. The van der Waals surface area contributed by atoms with Crippen LogP contribution in [0.25, 0.3) is 0 Å². The lowest BCUT2D eigenvalue weighted by Gasteiger charge is -2.28. The summed E-state index contributed by atoms with van der Waals surface area (Å²) in [5.74, 6) is -0.170. The van der Waals surface area contributed by atoms with Gasteiger partial charge < -0.3 is 10.6 Å². The van der Waals surface area contributed by atoms with Gasteiger partial charge in [-0.1, -0.05) is 17.7 Å². The Hall–Kier alpha value is -1.44. The zero-order chi connectivity index (χ0) is 17.2. The zero-order valence-corrected chi connectivity index (χ0v) is 14.8. The van der Waals surface area contributed by atoms with Gasteiger partial charge in [0.2, 0.25) is 15.9 Å². The smallest absolute Gasteiger partial charge is 0.243 e. The fourth-order valence-electron chi connectivity index (χ4n) is 3.41. The fraction of sp³-hybridized carbons (Fsp3) is 0.588. The molecule has 1 unspecified atom stereocenters. The van der Waals surface area contributed by atoms with Crippen molar-refractivity contribution in [2.75, 3.05) is 19.6 Å². The monoisotopic (exact) mass is 351 g/mol. The number of hydrogen-bond acceptors (Lipinski definition) is 4. The number of piperidine rings is 1. The van der Waals surface area contributed by atoms with Crippen molar-refractivity contribution in [1.82, 2.24) is 14.9 Å². The van der Waals surface area contributed by atoms with E-state index in [9.17, 15) is 13.2 Å². The highest BCUT2D eigenvalue weighted by Gasteiger charge is 2.39. The van der Waals surface area contributed by atoms with Crippen molar-refractivity contribution in [2.24, 2.45) is 0 Å². The third-order valence-electron chi connectivity index (χ3n) is 4.78. The van der Waals surface area contributed by atoms with Crippen molar-refractivity contribution < 1.29 is 13.2 Å². The minimum atomic E-state index is -3.63. The number of hydrogen-bond donors (Lipinski definition) is 2. The van der Waals surface area contributed by atoms with E-state index in [2.05, 4.69) is 10.6 Å². The standard InChI is InChI=1S/C17H25N3O3S/c1-13-6-8-15(9-7-13)24(22,23)20-11-3-5-16(20)17(21)19-14-4-2-10-18-12-14/h6-9,14,16,18H,2-5,10-12H2,1H3,(H,19,21)/t14-,16?/m0/s1. The molecule has 2 fully saturated rings. The Morgan fingerprint density at radius 3 is 2.62 bits per heavy atom. The maximum Gasteiger partial charge on any atom is 0.243 e. The van der Waals surface area contributed by atoms with Crippen LogP contribution in [0, 0.1) is 6.92 Å². The van der Waals surface area contributed by atoms with Gasteiger partial charge in [0.05, 0.1) is 4.90 Å². The molecule has 3 rings (SSSR count). The second kappa shape index (κ2) is 7.21. The molecule has 2 heterocycles. The Balaban J connectivity index is 1.74. The molecule has 2 aliphatic heterocycles. The maximum atomic E-state index is 12.9. The summed E-state index contributed by atoms with van der Waals surface area (Å²) in [5.41, 5.74) is 1.01. The molecule has 0 bridgehead atoms. The molecule has 2 N–H and O–H groups in total. The Morgan fingerprint density at radius 1 is 1.21 bits per heavy atom. The van der Waals surface area contributed by atoms with Crippen LogP contribution in [0.3, 0.4) is 0 Å². The molecular formula is C17H25N3O3S. The Kier molecular flexibility index (Phi) is 5.22. The molecule has 0 radical (unpaired) electrons. The largest absolute Gasteiger partial charge is 0.351 e. The molecular weight excluding hydrogens is 326 g/mol. The molecule has 2 aliphatic rings. The first kappa shape index (κ1) is 17.4. The molecule has 1 aromatic rings. The highest BCUT2D eigenvalue weighted by atomic mass is 32.2. The van der Waals surface area contributed by atoms with Crippen molar-refractivity contribution in [3.63, 3.8) is 0 Å². The van der Waals surface area contributed by atoms with Gasteiger partial charge in [-0.3, -0.25) is 4.79 Å². The van der Waals surface area contributed by atoms with Crippen LogP contribution in [0.5, 0.6) is 0 Å². The van der Waals surface area contributed by atoms with E-state index < -0.39 is 16.1 Å². The summed E-state index contributed by atoms with van der Waals surface area (Å²) in [7, 11) is -3.63. The summed E-state index contributed by atoms with van der Waals surface area (Å²) in [5, 5.41) is 6.27. The predicted octanol–water partition coefficient (Wildman–Crippen LogP) is 1.02.